The van der Waals surface area contributed by atoms with E-state index in [4.69, 9.17) is 15.2 Å². The van der Waals surface area contributed by atoms with Gasteiger partial charge < -0.3 is 15.2 Å². The molecule has 0 spiro atoms. The average Bonchev–Trinajstić information content (AvgIpc) is 2.96. The van der Waals surface area contributed by atoms with Gasteiger partial charge in [0.05, 0.1) is 19.1 Å². The Kier molecular flexibility index (Phi) is 4.52. The summed E-state index contributed by atoms with van der Waals surface area (Å²) in [6.45, 7) is 1.48. The maximum atomic E-state index is 12.6. The Bertz CT molecular complexity index is 551. The average molecular weight is 300 g/mol. The van der Waals surface area contributed by atoms with Gasteiger partial charge in [-0.2, -0.15) is 4.31 Å². The zero-order chi connectivity index (χ0) is 14.8. The third-order valence-electron chi connectivity index (χ3n) is 3.54. The highest BCUT2D eigenvalue weighted by Crippen LogP contribution is 2.29. The highest BCUT2D eigenvalue weighted by molar-refractivity contribution is 7.89. The third-order valence-corrected chi connectivity index (χ3v) is 5.39. The van der Waals surface area contributed by atoms with Gasteiger partial charge in [0.15, 0.2) is 0 Å². The Labute approximate surface area is 119 Å². The van der Waals surface area contributed by atoms with Crippen LogP contribution in [0.15, 0.2) is 23.1 Å². The Hall–Kier alpha value is -1.31. The van der Waals surface area contributed by atoms with Gasteiger partial charge in [0.2, 0.25) is 10.0 Å². The molecule has 0 bridgehead atoms. The predicted molar refractivity (Wildman–Crippen MR) is 75.5 cm³/mol. The van der Waals surface area contributed by atoms with E-state index in [-0.39, 0.29) is 10.8 Å². The first-order valence-electron chi connectivity index (χ1n) is 6.44. The van der Waals surface area contributed by atoms with Crippen molar-refractivity contribution in [2.75, 3.05) is 33.9 Å². The Morgan fingerprint density at radius 3 is 2.30 bits per heavy atom. The molecule has 1 heterocycles. The van der Waals surface area contributed by atoms with E-state index in [1.165, 1.54) is 30.7 Å². The van der Waals surface area contributed by atoms with E-state index in [0.29, 0.717) is 31.1 Å². The molecular weight excluding hydrogens is 280 g/mol. The highest BCUT2D eigenvalue weighted by Gasteiger charge is 2.32. The first-order chi connectivity index (χ1) is 9.51. The van der Waals surface area contributed by atoms with Gasteiger partial charge in [0.1, 0.15) is 11.5 Å². The predicted octanol–water partition coefficient (Wildman–Crippen LogP) is 0.673. The lowest BCUT2D eigenvalue weighted by molar-refractivity contribution is 0.391. The van der Waals surface area contributed by atoms with Gasteiger partial charge in [-0.25, -0.2) is 8.42 Å². The van der Waals surface area contributed by atoms with Crippen molar-refractivity contribution in [3.05, 3.63) is 18.2 Å². The molecule has 1 aliphatic rings. The minimum Gasteiger partial charge on any atom is -0.497 e. The van der Waals surface area contributed by atoms with Crippen molar-refractivity contribution in [2.24, 2.45) is 11.7 Å². The van der Waals surface area contributed by atoms with Crippen LogP contribution in [-0.2, 0) is 10.0 Å². The molecule has 0 aromatic heterocycles. The van der Waals surface area contributed by atoms with Crippen LogP contribution in [-0.4, -0.2) is 46.6 Å². The van der Waals surface area contributed by atoms with E-state index in [0.717, 1.165) is 6.42 Å². The SMILES string of the molecule is COc1cc(OC)cc(S(=O)(=O)N2CCC(CN)C2)c1. The molecule has 0 saturated carbocycles. The summed E-state index contributed by atoms with van der Waals surface area (Å²) in [5.74, 6) is 1.15. The second-order valence-corrected chi connectivity index (χ2v) is 6.74. The monoisotopic (exact) mass is 300 g/mol. The number of methoxy groups -OCH3 is 2. The van der Waals surface area contributed by atoms with E-state index in [1.807, 2.05) is 0 Å². The molecule has 2 N–H and O–H groups in total. The second-order valence-electron chi connectivity index (χ2n) is 4.80. The van der Waals surface area contributed by atoms with Gasteiger partial charge >= 0.3 is 0 Å². The van der Waals surface area contributed by atoms with Crippen LogP contribution >= 0.6 is 0 Å². The maximum absolute atomic E-state index is 12.6. The summed E-state index contributed by atoms with van der Waals surface area (Å²) < 4.78 is 36.9. The number of hydrogen-bond acceptors (Lipinski definition) is 5. The molecule has 20 heavy (non-hydrogen) atoms. The highest BCUT2D eigenvalue weighted by atomic mass is 32.2. The molecule has 0 amide bonds. The quantitative estimate of drug-likeness (QED) is 0.864. The summed E-state index contributed by atoms with van der Waals surface area (Å²) in [6, 6.07) is 4.66. The maximum Gasteiger partial charge on any atom is 0.243 e. The van der Waals surface area contributed by atoms with Crippen LogP contribution in [0.4, 0.5) is 0 Å². The molecule has 1 unspecified atom stereocenters. The zero-order valence-electron chi connectivity index (χ0n) is 11.7. The van der Waals surface area contributed by atoms with Crippen LogP contribution in [0.3, 0.4) is 0 Å². The number of hydrogen-bond donors (Lipinski definition) is 1. The van der Waals surface area contributed by atoms with Crippen molar-refractivity contribution in [1.29, 1.82) is 0 Å². The first kappa shape index (κ1) is 15.1. The molecule has 112 valence electrons. The van der Waals surface area contributed by atoms with Crippen LogP contribution in [0.5, 0.6) is 11.5 Å². The molecule has 1 saturated heterocycles. The van der Waals surface area contributed by atoms with Crippen LogP contribution in [0.2, 0.25) is 0 Å². The topological polar surface area (TPSA) is 81.9 Å². The van der Waals surface area contributed by atoms with Gasteiger partial charge in [0.25, 0.3) is 0 Å². The molecule has 0 radical (unpaired) electrons. The number of nitrogens with zero attached hydrogens (tertiary/aromatic N) is 1. The summed E-state index contributed by atoms with van der Waals surface area (Å²) >= 11 is 0. The third kappa shape index (κ3) is 2.89. The largest absolute Gasteiger partial charge is 0.497 e. The van der Waals surface area contributed by atoms with E-state index in [9.17, 15) is 8.42 Å². The normalized spacial score (nSPS) is 20.1. The van der Waals surface area contributed by atoms with Crippen LogP contribution in [0.1, 0.15) is 6.42 Å². The van der Waals surface area contributed by atoms with E-state index in [1.54, 1.807) is 6.07 Å². The summed E-state index contributed by atoms with van der Waals surface area (Å²) in [5.41, 5.74) is 5.61. The van der Waals surface area contributed by atoms with E-state index >= 15 is 0 Å². The number of nitrogens with two attached hydrogens (primary N) is 1. The number of benzene rings is 1. The van der Waals surface area contributed by atoms with Crippen LogP contribution < -0.4 is 15.2 Å². The van der Waals surface area contributed by atoms with Crippen molar-refractivity contribution in [3.8, 4) is 11.5 Å². The lowest BCUT2D eigenvalue weighted by atomic mass is 10.1. The second kappa shape index (κ2) is 5.99. The van der Waals surface area contributed by atoms with Crippen molar-refractivity contribution in [1.82, 2.24) is 4.31 Å². The first-order valence-corrected chi connectivity index (χ1v) is 7.88. The van der Waals surface area contributed by atoms with Crippen LogP contribution in [0, 0.1) is 5.92 Å². The number of rotatable bonds is 5. The summed E-state index contributed by atoms with van der Waals surface area (Å²) in [6.07, 6.45) is 0.802. The van der Waals surface area contributed by atoms with Crippen molar-refractivity contribution in [2.45, 2.75) is 11.3 Å². The lowest BCUT2D eigenvalue weighted by Gasteiger charge is -2.17. The Morgan fingerprint density at radius 2 is 1.85 bits per heavy atom. The number of ether oxygens (including phenoxy) is 2. The van der Waals surface area contributed by atoms with E-state index in [2.05, 4.69) is 0 Å². The van der Waals surface area contributed by atoms with Gasteiger partial charge in [-0.15, -0.1) is 0 Å². The van der Waals surface area contributed by atoms with Crippen molar-refractivity contribution in [3.63, 3.8) is 0 Å². The summed E-state index contributed by atoms with van der Waals surface area (Å²) in [7, 11) is -0.546. The molecule has 2 rings (SSSR count). The number of sulfonamides is 1. The summed E-state index contributed by atoms with van der Waals surface area (Å²) in [4.78, 5) is 0.186. The van der Waals surface area contributed by atoms with Gasteiger partial charge in [0, 0.05) is 31.3 Å². The van der Waals surface area contributed by atoms with Crippen LogP contribution in [0.25, 0.3) is 0 Å². The smallest absolute Gasteiger partial charge is 0.243 e. The van der Waals surface area contributed by atoms with Crippen molar-refractivity contribution >= 4 is 10.0 Å². The summed E-state index contributed by atoms with van der Waals surface area (Å²) in [5, 5.41) is 0. The Balaban J connectivity index is 2.34. The van der Waals surface area contributed by atoms with Crippen molar-refractivity contribution < 1.29 is 17.9 Å². The van der Waals surface area contributed by atoms with Gasteiger partial charge in [-0.1, -0.05) is 0 Å². The molecule has 1 aromatic carbocycles. The minimum absolute atomic E-state index is 0.186. The lowest BCUT2D eigenvalue weighted by Crippen LogP contribution is -2.30. The molecular formula is C13H20N2O4S. The fraction of sp³-hybridized carbons (Fsp3) is 0.538. The molecule has 1 aliphatic heterocycles. The zero-order valence-corrected chi connectivity index (χ0v) is 12.5. The molecule has 1 fully saturated rings. The molecule has 6 nitrogen and oxygen atoms in total. The van der Waals surface area contributed by atoms with Gasteiger partial charge in [-0.05, 0) is 18.9 Å². The van der Waals surface area contributed by atoms with Gasteiger partial charge in [-0.3, -0.25) is 0 Å². The molecule has 1 aromatic rings. The minimum atomic E-state index is -3.53. The molecule has 7 heteroatoms. The van der Waals surface area contributed by atoms with E-state index < -0.39 is 10.0 Å². The molecule has 1 atom stereocenters. The fourth-order valence-corrected chi connectivity index (χ4v) is 3.87. The molecule has 0 aliphatic carbocycles. The standard InChI is InChI=1S/C13H20N2O4S/c1-18-11-5-12(19-2)7-13(6-11)20(16,17)15-4-3-10(8-14)9-15/h5-7,10H,3-4,8-9,14H2,1-2H3. The Morgan fingerprint density at radius 1 is 1.25 bits per heavy atom. The fourth-order valence-electron chi connectivity index (χ4n) is 2.29.